The zero-order chi connectivity index (χ0) is 14.7. The second-order valence-corrected chi connectivity index (χ2v) is 5.62. The van der Waals surface area contributed by atoms with Gasteiger partial charge in [-0.05, 0) is 24.5 Å². The van der Waals surface area contributed by atoms with Gasteiger partial charge in [-0.15, -0.1) is 5.06 Å². The molecule has 21 heavy (non-hydrogen) atoms. The number of hydrogen-bond donors (Lipinski definition) is 1. The highest BCUT2D eigenvalue weighted by Crippen LogP contribution is 2.33. The van der Waals surface area contributed by atoms with Gasteiger partial charge in [0, 0.05) is 6.54 Å². The molecule has 1 saturated heterocycles. The number of anilines is 1. The molecule has 110 valence electrons. The average molecular weight is 304 g/mol. The number of aromatic nitrogens is 1. The minimum absolute atomic E-state index is 0.232. The van der Waals surface area contributed by atoms with Gasteiger partial charge in [0.25, 0.3) is 5.88 Å². The van der Waals surface area contributed by atoms with Crippen molar-refractivity contribution in [1.29, 1.82) is 0 Å². The lowest BCUT2D eigenvalue weighted by molar-refractivity contribution is -0.117. The lowest BCUT2D eigenvalue weighted by Crippen LogP contribution is -2.36. The molecule has 2 aromatic rings. The first-order valence-electron chi connectivity index (χ1n) is 7.14. The molecule has 0 spiro atoms. The van der Waals surface area contributed by atoms with Gasteiger partial charge < -0.3 is 10.6 Å². The largest absolute Gasteiger partial charge is 0.397 e. The van der Waals surface area contributed by atoms with Gasteiger partial charge in [0.05, 0.1) is 17.9 Å². The van der Waals surface area contributed by atoms with E-state index in [1.54, 1.807) is 12.3 Å². The van der Waals surface area contributed by atoms with Crippen LogP contribution in [0.25, 0.3) is 0 Å². The third-order valence-electron chi connectivity index (χ3n) is 3.67. The van der Waals surface area contributed by atoms with Crippen LogP contribution in [-0.4, -0.2) is 16.6 Å². The van der Waals surface area contributed by atoms with Gasteiger partial charge in [-0.3, -0.25) is 0 Å². The highest BCUT2D eigenvalue weighted by atomic mass is 35.5. The van der Waals surface area contributed by atoms with Crippen LogP contribution in [-0.2, 0) is 0 Å². The highest BCUT2D eigenvalue weighted by molar-refractivity contribution is 6.32. The predicted molar refractivity (Wildman–Crippen MR) is 84.0 cm³/mol. The number of nitrogens with zero attached hydrogens (tertiary/aromatic N) is 2. The summed E-state index contributed by atoms with van der Waals surface area (Å²) in [5, 5.41) is 2.41. The van der Waals surface area contributed by atoms with E-state index in [0.717, 1.165) is 19.4 Å². The van der Waals surface area contributed by atoms with Crippen molar-refractivity contribution in [3.63, 3.8) is 0 Å². The van der Waals surface area contributed by atoms with Gasteiger partial charge in [-0.2, -0.15) is 0 Å². The van der Waals surface area contributed by atoms with E-state index in [1.807, 2.05) is 11.1 Å². The molecule has 1 fully saturated rings. The first-order valence-corrected chi connectivity index (χ1v) is 7.52. The third kappa shape index (κ3) is 3.28. The molecule has 0 saturated carbocycles. The summed E-state index contributed by atoms with van der Waals surface area (Å²) in [5.41, 5.74) is 7.45. The quantitative estimate of drug-likeness (QED) is 0.936. The molecule has 1 aromatic heterocycles. The van der Waals surface area contributed by atoms with Gasteiger partial charge in [0.2, 0.25) is 0 Å². The summed E-state index contributed by atoms with van der Waals surface area (Å²) in [6.07, 6.45) is 4.93. The van der Waals surface area contributed by atoms with Crippen LogP contribution in [0.3, 0.4) is 0 Å². The molecule has 0 aliphatic carbocycles. The summed E-state index contributed by atoms with van der Waals surface area (Å²) in [7, 11) is 0. The first-order chi connectivity index (χ1) is 10.2. The van der Waals surface area contributed by atoms with Gasteiger partial charge in [0.1, 0.15) is 5.02 Å². The molecule has 0 bridgehead atoms. The van der Waals surface area contributed by atoms with Crippen LogP contribution in [0, 0.1) is 0 Å². The zero-order valence-corrected chi connectivity index (χ0v) is 12.5. The van der Waals surface area contributed by atoms with Crippen LogP contribution in [0.2, 0.25) is 5.02 Å². The summed E-state index contributed by atoms with van der Waals surface area (Å²) >= 11 is 6.15. The van der Waals surface area contributed by atoms with Crippen molar-refractivity contribution < 1.29 is 4.84 Å². The van der Waals surface area contributed by atoms with Crippen molar-refractivity contribution in [1.82, 2.24) is 10.0 Å². The van der Waals surface area contributed by atoms with E-state index in [2.05, 4.69) is 29.2 Å². The van der Waals surface area contributed by atoms with E-state index in [9.17, 15) is 0 Å². The molecule has 1 aliphatic rings. The summed E-state index contributed by atoms with van der Waals surface area (Å²) < 4.78 is 0. The maximum absolute atomic E-state index is 6.15. The second kappa shape index (κ2) is 6.33. The fourth-order valence-corrected chi connectivity index (χ4v) is 2.85. The number of hydroxylamine groups is 2. The predicted octanol–water partition coefficient (Wildman–Crippen LogP) is 3.84. The number of nitrogens with two attached hydrogens (primary N) is 1. The van der Waals surface area contributed by atoms with E-state index in [0.29, 0.717) is 16.6 Å². The number of halogens is 1. The number of hydrogen-bond acceptors (Lipinski definition) is 4. The molecule has 4 nitrogen and oxygen atoms in total. The lowest BCUT2D eigenvalue weighted by Gasteiger charge is -2.34. The first kappa shape index (κ1) is 14.2. The molecule has 1 aromatic carbocycles. The SMILES string of the molecule is Nc1cnc(ON2CCCCC2c2ccccc2)c(Cl)c1. The molecule has 3 rings (SSSR count). The van der Waals surface area contributed by atoms with Crippen molar-refractivity contribution in [2.75, 3.05) is 12.3 Å². The maximum Gasteiger partial charge on any atom is 0.257 e. The molecule has 2 heterocycles. The second-order valence-electron chi connectivity index (χ2n) is 5.21. The number of rotatable bonds is 3. The Morgan fingerprint density at radius 3 is 2.81 bits per heavy atom. The van der Waals surface area contributed by atoms with E-state index in [1.165, 1.54) is 12.0 Å². The third-order valence-corrected chi connectivity index (χ3v) is 3.94. The monoisotopic (exact) mass is 303 g/mol. The van der Waals surface area contributed by atoms with Gasteiger partial charge in [-0.1, -0.05) is 48.4 Å². The van der Waals surface area contributed by atoms with Gasteiger partial charge >= 0.3 is 0 Å². The van der Waals surface area contributed by atoms with Crippen LogP contribution >= 0.6 is 11.6 Å². The van der Waals surface area contributed by atoms with Gasteiger partial charge in [-0.25, -0.2) is 4.98 Å². The number of pyridine rings is 1. The summed E-state index contributed by atoms with van der Waals surface area (Å²) in [4.78, 5) is 10.1. The normalized spacial score (nSPS) is 19.4. The number of nitrogen functional groups attached to an aromatic ring is 1. The molecular weight excluding hydrogens is 286 g/mol. The van der Waals surface area contributed by atoms with Crippen LogP contribution in [0.5, 0.6) is 5.88 Å². The molecular formula is C16H18ClN3O. The minimum Gasteiger partial charge on any atom is -0.397 e. The number of benzene rings is 1. The topological polar surface area (TPSA) is 51.4 Å². The Balaban J connectivity index is 1.81. The van der Waals surface area contributed by atoms with Crippen LogP contribution < -0.4 is 10.6 Å². The Kier molecular flexibility index (Phi) is 4.27. The maximum atomic E-state index is 6.15. The van der Waals surface area contributed by atoms with Crippen molar-refractivity contribution >= 4 is 17.3 Å². The highest BCUT2D eigenvalue weighted by Gasteiger charge is 2.26. The van der Waals surface area contributed by atoms with Crippen molar-refractivity contribution in [3.8, 4) is 5.88 Å². The summed E-state index contributed by atoms with van der Waals surface area (Å²) in [6, 6.07) is 12.3. The Labute approximate surface area is 129 Å². The van der Waals surface area contributed by atoms with E-state index < -0.39 is 0 Å². The van der Waals surface area contributed by atoms with Crippen LogP contribution in [0.15, 0.2) is 42.6 Å². The Bertz CT molecular complexity index is 606. The summed E-state index contributed by atoms with van der Waals surface area (Å²) in [6.45, 7) is 0.863. The zero-order valence-electron chi connectivity index (χ0n) is 11.7. The molecule has 1 aliphatic heterocycles. The van der Waals surface area contributed by atoms with E-state index >= 15 is 0 Å². The van der Waals surface area contributed by atoms with Crippen molar-refractivity contribution in [3.05, 3.63) is 53.2 Å². The Hall–Kier alpha value is -1.78. The standard InChI is InChI=1S/C16H18ClN3O/c17-14-10-13(18)11-19-16(14)21-20-9-5-4-8-15(20)12-6-2-1-3-7-12/h1-3,6-7,10-11,15H,4-5,8-9,18H2. The minimum atomic E-state index is 0.232. The molecule has 5 heteroatoms. The summed E-state index contributed by atoms with van der Waals surface area (Å²) in [5.74, 6) is 0.411. The lowest BCUT2D eigenvalue weighted by atomic mass is 9.97. The fourth-order valence-electron chi connectivity index (χ4n) is 2.64. The molecule has 1 atom stereocenters. The van der Waals surface area contributed by atoms with E-state index in [-0.39, 0.29) is 6.04 Å². The van der Waals surface area contributed by atoms with Crippen molar-refractivity contribution in [2.24, 2.45) is 0 Å². The van der Waals surface area contributed by atoms with Crippen molar-refractivity contribution in [2.45, 2.75) is 25.3 Å². The smallest absolute Gasteiger partial charge is 0.257 e. The number of piperidine rings is 1. The fraction of sp³-hybridized carbons (Fsp3) is 0.312. The molecule has 0 amide bonds. The van der Waals surface area contributed by atoms with Crippen LogP contribution in [0.4, 0.5) is 5.69 Å². The molecule has 2 N–H and O–H groups in total. The van der Waals surface area contributed by atoms with E-state index in [4.69, 9.17) is 22.2 Å². The Morgan fingerprint density at radius 2 is 2.05 bits per heavy atom. The molecule has 1 unspecified atom stereocenters. The Morgan fingerprint density at radius 1 is 1.24 bits per heavy atom. The molecule has 0 radical (unpaired) electrons. The van der Waals surface area contributed by atoms with Crippen LogP contribution in [0.1, 0.15) is 30.9 Å². The van der Waals surface area contributed by atoms with Gasteiger partial charge in [0.15, 0.2) is 0 Å². The average Bonchev–Trinajstić information content (AvgIpc) is 2.51.